The van der Waals surface area contributed by atoms with Crippen LogP contribution in [0.4, 0.5) is 0 Å². The monoisotopic (exact) mass is 167 g/mol. The Hall–Kier alpha value is -0.990. The Kier molecular flexibility index (Phi) is 4.27. The largest absolute Gasteiger partial charge is 0.378 e. The van der Waals surface area contributed by atoms with E-state index in [1.807, 2.05) is 6.20 Å². The first-order valence-electron chi connectivity index (χ1n) is 4.52. The summed E-state index contributed by atoms with van der Waals surface area (Å²) in [6.45, 7) is 8.11. The lowest BCUT2D eigenvalue weighted by molar-refractivity contribution is 0.469. The molecule has 1 saturated heterocycles. The fourth-order valence-electron chi connectivity index (χ4n) is 1.25. The van der Waals surface area contributed by atoms with E-state index < -0.39 is 0 Å². The Labute approximate surface area is 74.2 Å². The highest BCUT2D eigenvalue weighted by Crippen LogP contribution is 2.05. The summed E-state index contributed by atoms with van der Waals surface area (Å²) in [4.78, 5) is 6.10. The van der Waals surface area contributed by atoms with Gasteiger partial charge in [-0.1, -0.05) is 6.58 Å². The molecule has 0 atom stereocenters. The first-order valence-corrected chi connectivity index (χ1v) is 4.52. The molecule has 0 spiro atoms. The van der Waals surface area contributed by atoms with Crippen LogP contribution in [0.3, 0.4) is 0 Å². The van der Waals surface area contributed by atoms with Gasteiger partial charge in [0, 0.05) is 19.6 Å². The van der Waals surface area contributed by atoms with Gasteiger partial charge >= 0.3 is 0 Å². The predicted molar refractivity (Wildman–Crippen MR) is 52.4 cm³/mol. The normalized spacial score (nSPS) is 19.8. The van der Waals surface area contributed by atoms with E-state index in [-0.39, 0.29) is 0 Å². The summed E-state index contributed by atoms with van der Waals surface area (Å²) in [6, 6.07) is 0. The zero-order valence-corrected chi connectivity index (χ0v) is 7.50. The number of likely N-dealkylation sites (tertiary alicyclic amines) is 1. The molecule has 3 nitrogen and oxygen atoms in total. The van der Waals surface area contributed by atoms with E-state index in [4.69, 9.17) is 0 Å². The van der Waals surface area contributed by atoms with E-state index in [2.05, 4.69) is 21.8 Å². The molecule has 0 radical (unpaired) electrons. The number of nitrogens with zero attached hydrogens (tertiary/aromatic N) is 2. The van der Waals surface area contributed by atoms with Crippen LogP contribution in [0, 0.1) is 0 Å². The molecule has 0 bridgehead atoms. The smallest absolute Gasteiger partial charge is 0.0825 e. The first-order chi connectivity index (χ1) is 5.93. The van der Waals surface area contributed by atoms with Crippen LogP contribution in [0.25, 0.3) is 0 Å². The van der Waals surface area contributed by atoms with Crippen LogP contribution in [0.2, 0.25) is 0 Å². The minimum Gasteiger partial charge on any atom is -0.378 e. The molecule has 0 saturated carbocycles. The van der Waals surface area contributed by atoms with E-state index in [0.29, 0.717) is 0 Å². The van der Waals surface area contributed by atoms with Crippen LogP contribution in [0.15, 0.2) is 17.8 Å². The van der Waals surface area contributed by atoms with Gasteiger partial charge in [0.15, 0.2) is 0 Å². The van der Waals surface area contributed by atoms with Gasteiger partial charge in [-0.3, -0.25) is 4.99 Å². The SMILES string of the molecule is C1=NCCN1.C=CN1CCCC1. The van der Waals surface area contributed by atoms with Gasteiger partial charge in [-0.2, -0.15) is 0 Å². The number of nitrogens with one attached hydrogen (secondary N) is 1. The highest BCUT2D eigenvalue weighted by molar-refractivity contribution is 5.56. The van der Waals surface area contributed by atoms with E-state index in [0.717, 1.165) is 13.1 Å². The second-order valence-electron chi connectivity index (χ2n) is 2.92. The first kappa shape index (κ1) is 9.10. The molecule has 0 unspecified atom stereocenters. The molecule has 0 aliphatic carbocycles. The zero-order valence-electron chi connectivity index (χ0n) is 7.50. The molecule has 0 amide bonds. The van der Waals surface area contributed by atoms with Crippen molar-refractivity contribution in [3.8, 4) is 0 Å². The molecule has 68 valence electrons. The third-order valence-electron chi connectivity index (χ3n) is 1.97. The number of hydrogen-bond acceptors (Lipinski definition) is 3. The Morgan fingerprint density at radius 2 is 2.17 bits per heavy atom. The molecule has 0 aromatic heterocycles. The van der Waals surface area contributed by atoms with Gasteiger partial charge in [0.2, 0.25) is 0 Å². The maximum absolute atomic E-state index is 3.85. The second-order valence-corrected chi connectivity index (χ2v) is 2.92. The van der Waals surface area contributed by atoms with Gasteiger partial charge in [-0.15, -0.1) is 0 Å². The molecule has 12 heavy (non-hydrogen) atoms. The third kappa shape index (κ3) is 3.42. The summed E-state index contributed by atoms with van der Waals surface area (Å²) in [5.74, 6) is 0. The van der Waals surface area contributed by atoms with E-state index >= 15 is 0 Å². The predicted octanol–water partition coefficient (Wildman–Crippen LogP) is 0.844. The van der Waals surface area contributed by atoms with Crippen molar-refractivity contribution in [1.29, 1.82) is 0 Å². The van der Waals surface area contributed by atoms with Crippen molar-refractivity contribution in [3.05, 3.63) is 12.8 Å². The van der Waals surface area contributed by atoms with Gasteiger partial charge in [0.1, 0.15) is 0 Å². The molecular weight excluding hydrogens is 150 g/mol. The van der Waals surface area contributed by atoms with E-state index in [9.17, 15) is 0 Å². The Bertz CT molecular complexity index is 142. The minimum atomic E-state index is 0.958. The molecule has 2 rings (SSSR count). The second kappa shape index (κ2) is 5.63. The van der Waals surface area contributed by atoms with Crippen LogP contribution in [0.1, 0.15) is 12.8 Å². The van der Waals surface area contributed by atoms with Gasteiger partial charge < -0.3 is 10.2 Å². The van der Waals surface area contributed by atoms with Crippen molar-refractivity contribution in [3.63, 3.8) is 0 Å². The van der Waals surface area contributed by atoms with Gasteiger partial charge in [-0.25, -0.2) is 0 Å². The lowest BCUT2D eigenvalue weighted by Crippen LogP contribution is -2.08. The van der Waals surface area contributed by atoms with Crippen molar-refractivity contribution in [2.75, 3.05) is 26.2 Å². The van der Waals surface area contributed by atoms with Crippen molar-refractivity contribution in [2.24, 2.45) is 4.99 Å². The standard InChI is InChI=1S/C6H11N.C3H6N2/c1-2-7-5-3-4-6-7;1-2-5-3-4-1/h2H,1,3-6H2;3H,1-2H2,(H,4,5). The molecule has 1 N–H and O–H groups in total. The Balaban J connectivity index is 0.000000127. The number of rotatable bonds is 1. The van der Waals surface area contributed by atoms with Crippen molar-refractivity contribution >= 4 is 6.34 Å². The summed E-state index contributed by atoms with van der Waals surface area (Å²) in [5, 5.41) is 2.93. The molecular formula is C9H17N3. The molecule has 2 heterocycles. The average molecular weight is 167 g/mol. The summed E-state index contributed by atoms with van der Waals surface area (Å²) in [7, 11) is 0. The van der Waals surface area contributed by atoms with Gasteiger partial charge in [-0.05, 0) is 19.0 Å². The molecule has 0 aromatic carbocycles. The molecule has 3 heteroatoms. The van der Waals surface area contributed by atoms with Crippen molar-refractivity contribution in [2.45, 2.75) is 12.8 Å². The molecule has 2 aliphatic heterocycles. The Morgan fingerprint density at radius 1 is 1.42 bits per heavy atom. The van der Waals surface area contributed by atoms with Crippen molar-refractivity contribution in [1.82, 2.24) is 10.2 Å². The van der Waals surface area contributed by atoms with Crippen LogP contribution in [-0.2, 0) is 0 Å². The highest BCUT2D eigenvalue weighted by atomic mass is 15.1. The maximum Gasteiger partial charge on any atom is 0.0825 e. The van der Waals surface area contributed by atoms with Crippen LogP contribution in [-0.4, -0.2) is 37.4 Å². The summed E-state index contributed by atoms with van der Waals surface area (Å²) >= 11 is 0. The van der Waals surface area contributed by atoms with Crippen LogP contribution in [0.5, 0.6) is 0 Å². The topological polar surface area (TPSA) is 27.6 Å². The molecule has 0 aromatic rings. The summed E-state index contributed by atoms with van der Waals surface area (Å²) in [6.07, 6.45) is 6.37. The molecule has 2 aliphatic rings. The summed E-state index contributed by atoms with van der Waals surface area (Å²) < 4.78 is 0. The van der Waals surface area contributed by atoms with E-state index in [1.54, 1.807) is 6.34 Å². The maximum atomic E-state index is 3.85. The number of hydrogen-bond donors (Lipinski definition) is 1. The minimum absolute atomic E-state index is 0.958. The summed E-state index contributed by atoms with van der Waals surface area (Å²) in [5.41, 5.74) is 0. The lowest BCUT2D eigenvalue weighted by atomic mass is 10.4. The fraction of sp³-hybridized carbons (Fsp3) is 0.667. The van der Waals surface area contributed by atoms with Crippen LogP contribution < -0.4 is 5.32 Å². The van der Waals surface area contributed by atoms with Crippen LogP contribution >= 0.6 is 0 Å². The van der Waals surface area contributed by atoms with Gasteiger partial charge in [0.25, 0.3) is 0 Å². The average Bonchev–Trinajstić information content (AvgIpc) is 2.81. The quantitative estimate of drug-likeness (QED) is 0.627. The zero-order chi connectivity index (χ0) is 8.65. The van der Waals surface area contributed by atoms with Gasteiger partial charge in [0.05, 0.1) is 12.9 Å². The fourth-order valence-corrected chi connectivity index (χ4v) is 1.25. The lowest BCUT2D eigenvalue weighted by Gasteiger charge is -2.07. The number of aliphatic imine (C=N–C) groups is 1. The van der Waals surface area contributed by atoms with E-state index in [1.165, 1.54) is 25.9 Å². The highest BCUT2D eigenvalue weighted by Gasteiger charge is 2.04. The Morgan fingerprint density at radius 3 is 2.42 bits per heavy atom. The van der Waals surface area contributed by atoms with Crippen molar-refractivity contribution < 1.29 is 0 Å². The molecule has 1 fully saturated rings. The third-order valence-corrected chi connectivity index (χ3v) is 1.97.